The Kier molecular flexibility index (Phi) is 5.76. The van der Waals surface area contributed by atoms with Crippen molar-refractivity contribution < 1.29 is 4.79 Å². The van der Waals surface area contributed by atoms with Crippen LogP contribution in [0.2, 0.25) is 0 Å². The van der Waals surface area contributed by atoms with E-state index in [1.54, 1.807) is 23.1 Å². The van der Waals surface area contributed by atoms with Gasteiger partial charge in [0.2, 0.25) is 0 Å². The summed E-state index contributed by atoms with van der Waals surface area (Å²) < 4.78 is 1.80. The number of benzene rings is 1. The van der Waals surface area contributed by atoms with Gasteiger partial charge in [-0.2, -0.15) is 5.10 Å². The van der Waals surface area contributed by atoms with Crippen molar-refractivity contribution in [1.29, 1.82) is 0 Å². The highest BCUT2D eigenvalue weighted by atomic mass is 16.1. The number of aromatic nitrogens is 4. The highest BCUT2D eigenvalue weighted by Crippen LogP contribution is 2.23. The molecule has 33 heavy (non-hydrogen) atoms. The molecule has 5 rings (SSSR count). The van der Waals surface area contributed by atoms with Crippen LogP contribution in [0.3, 0.4) is 0 Å². The molecule has 1 aliphatic carbocycles. The number of aryl methyl sites for hydroxylation is 1. The summed E-state index contributed by atoms with van der Waals surface area (Å²) in [7, 11) is 0. The number of nitrogens with one attached hydrogen (secondary N) is 3. The van der Waals surface area contributed by atoms with Crippen LogP contribution in [0, 0.1) is 0 Å². The summed E-state index contributed by atoms with van der Waals surface area (Å²) >= 11 is 0. The van der Waals surface area contributed by atoms with Gasteiger partial charge in [0.05, 0.1) is 28.7 Å². The van der Waals surface area contributed by atoms with Crippen molar-refractivity contribution in [3.8, 4) is 11.3 Å². The first-order valence-corrected chi connectivity index (χ1v) is 11.2. The first kappa shape index (κ1) is 20.8. The standard InChI is InChI=1S/C26H25N5O2/c32-25(20-15-28-31(17-20)12-6-9-18-7-2-1-3-8-18)29-21-14-22(26(33)27-16-21)24-13-19-10-4-5-11-23(19)30-24/h2,4-5,7-8,10-11,13-17,30H,1,3,6,9,12H2,(H,27,33)(H,29,32). The molecule has 1 aliphatic rings. The second kappa shape index (κ2) is 9.16. The largest absolute Gasteiger partial charge is 0.354 e. The van der Waals surface area contributed by atoms with E-state index in [2.05, 4.69) is 38.6 Å². The van der Waals surface area contributed by atoms with E-state index in [0.29, 0.717) is 22.5 Å². The first-order chi connectivity index (χ1) is 16.2. The fourth-order valence-corrected chi connectivity index (χ4v) is 4.08. The monoisotopic (exact) mass is 439 g/mol. The molecular weight excluding hydrogens is 414 g/mol. The molecule has 0 atom stereocenters. The number of aromatic amines is 2. The third-order valence-corrected chi connectivity index (χ3v) is 5.80. The lowest BCUT2D eigenvalue weighted by Gasteiger charge is -2.07. The molecule has 1 amide bonds. The first-order valence-electron chi connectivity index (χ1n) is 11.2. The van der Waals surface area contributed by atoms with Crippen LogP contribution >= 0.6 is 0 Å². The van der Waals surface area contributed by atoms with Gasteiger partial charge in [-0.05, 0) is 43.9 Å². The molecular formula is C26H25N5O2. The molecule has 3 aromatic heterocycles. The van der Waals surface area contributed by atoms with Gasteiger partial charge in [0.25, 0.3) is 11.5 Å². The summed E-state index contributed by atoms with van der Waals surface area (Å²) in [6.07, 6.45) is 15.7. The van der Waals surface area contributed by atoms with Crippen LogP contribution in [-0.2, 0) is 6.54 Å². The number of hydrogen-bond acceptors (Lipinski definition) is 3. The lowest BCUT2D eigenvalue weighted by atomic mass is 10.0. The minimum Gasteiger partial charge on any atom is -0.354 e. The summed E-state index contributed by atoms with van der Waals surface area (Å²) in [6, 6.07) is 11.4. The molecule has 0 fully saturated rings. The van der Waals surface area contributed by atoms with Gasteiger partial charge in [-0.15, -0.1) is 0 Å². The molecule has 0 saturated heterocycles. The Morgan fingerprint density at radius 2 is 2.09 bits per heavy atom. The average molecular weight is 440 g/mol. The Bertz CT molecular complexity index is 1390. The van der Waals surface area contributed by atoms with E-state index < -0.39 is 0 Å². The van der Waals surface area contributed by atoms with Crippen LogP contribution in [-0.4, -0.2) is 25.7 Å². The SMILES string of the molecule is O=C(Nc1c[nH]c(=O)c(-c2cc3ccccc3[nH]2)c1)c1cnn(CCCC2=CCCC=C2)c1. The lowest BCUT2D eigenvalue weighted by molar-refractivity contribution is 0.102. The smallest absolute Gasteiger partial charge is 0.258 e. The van der Waals surface area contributed by atoms with Crippen LogP contribution in [0.25, 0.3) is 22.2 Å². The second-order valence-corrected chi connectivity index (χ2v) is 8.21. The minimum absolute atomic E-state index is 0.227. The van der Waals surface area contributed by atoms with Crippen molar-refractivity contribution in [3.63, 3.8) is 0 Å². The normalized spacial score (nSPS) is 13.3. The quantitative estimate of drug-likeness (QED) is 0.377. The molecule has 7 heteroatoms. The Balaban J connectivity index is 1.25. The van der Waals surface area contributed by atoms with Gasteiger partial charge in [0, 0.05) is 29.8 Å². The average Bonchev–Trinajstić information content (AvgIpc) is 3.48. The molecule has 7 nitrogen and oxygen atoms in total. The van der Waals surface area contributed by atoms with Gasteiger partial charge < -0.3 is 15.3 Å². The predicted octanol–water partition coefficient (Wildman–Crippen LogP) is 5.03. The number of H-pyrrole nitrogens is 2. The molecule has 1 aromatic carbocycles. The maximum absolute atomic E-state index is 12.7. The third kappa shape index (κ3) is 4.72. The molecule has 0 radical (unpaired) electrons. The van der Waals surface area contributed by atoms with E-state index in [1.807, 2.05) is 30.3 Å². The van der Waals surface area contributed by atoms with Crippen LogP contribution in [0.15, 0.2) is 83.6 Å². The number of fused-ring (bicyclic) bond motifs is 1. The fourth-order valence-electron chi connectivity index (χ4n) is 4.08. The van der Waals surface area contributed by atoms with E-state index in [4.69, 9.17) is 0 Å². The van der Waals surface area contributed by atoms with E-state index in [1.165, 1.54) is 11.8 Å². The van der Waals surface area contributed by atoms with Crippen molar-refractivity contribution in [2.45, 2.75) is 32.2 Å². The molecule has 0 unspecified atom stereocenters. The van der Waals surface area contributed by atoms with Crippen LogP contribution in [0.1, 0.15) is 36.0 Å². The molecule has 3 heterocycles. The summed E-state index contributed by atoms with van der Waals surface area (Å²) in [5.74, 6) is -0.270. The maximum atomic E-state index is 12.7. The van der Waals surface area contributed by atoms with E-state index in [9.17, 15) is 9.59 Å². The zero-order chi connectivity index (χ0) is 22.6. The summed E-state index contributed by atoms with van der Waals surface area (Å²) in [5.41, 5.74) is 4.24. The Labute approximate surface area is 190 Å². The molecule has 4 aromatic rings. The van der Waals surface area contributed by atoms with E-state index >= 15 is 0 Å². The van der Waals surface area contributed by atoms with Crippen molar-refractivity contribution in [1.82, 2.24) is 19.7 Å². The molecule has 166 valence electrons. The number of nitrogens with zero attached hydrogens (tertiary/aromatic N) is 2. The van der Waals surface area contributed by atoms with Gasteiger partial charge in [-0.1, -0.05) is 42.0 Å². The molecule has 0 spiro atoms. The molecule has 0 aliphatic heterocycles. The maximum Gasteiger partial charge on any atom is 0.258 e. The molecule has 0 saturated carbocycles. The van der Waals surface area contributed by atoms with E-state index in [-0.39, 0.29) is 11.5 Å². The van der Waals surface area contributed by atoms with Gasteiger partial charge in [0.15, 0.2) is 0 Å². The number of carbonyl (C=O) groups is 1. The topological polar surface area (TPSA) is 95.6 Å². The van der Waals surface area contributed by atoms with Crippen molar-refractivity contribution >= 4 is 22.5 Å². The van der Waals surface area contributed by atoms with Crippen LogP contribution < -0.4 is 10.9 Å². The fraction of sp³-hybridized carbons (Fsp3) is 0.192. The number of amides is 1. The Hall–Kier alpha value is -4.13. The predicted molar refractivity (Wildman–Crippen MR) is 130 cm³/mol. The third-order valence-electron chi connectivity index (χ3n) is 5.80. The minimum atomic E-state index is -0.270. The number of pyridine rings is 1. The zero-order valence-electron chi connectivity index (χ0n) is 18.2. The van der Waals surface area contributed by atoms with E-state index in [0.717, 1.165) is 43.1 Å². The summed E-state index contributed by atoms with van der Waals surface area (Å²) in [5, 5.41) is 8.19. The molecule has 0 bridgehead atoms. The zero-order valence-corrected chi connectivity index (χ0v) is 18.2. The number of rotatable bonds is 7. The van der Waals surface area contributed by atoms with Crippen molar-refractivity contribution in [2.24, 2.45) is 0 Å². The highest BCUT2D eigenvalue weighted by molar-refractivity contribution is 6.04. The Morgan fingerprint density at radius 3 is 2.94 bits per heavy atom. The van der Waals surface area contributed by atoms with Gasteiger partial charge in [0.1, 0.15) is 0 Å². The number of hydrogen-bond donors (Lipinski definition) is 3. The van der Waals surface area contributed by atoms with Crippen LogP contribution in [0.4, 0.5) is 5.69 Å². The van der Waals surface area contributed by atoms with Crippen molar-refractivity contribution in [3.05, 3.63) is 94.7 Å². The number of allylic oxidation sites excluding steroid dienone is 4. The number of anilines is 1. The van der Waals surface area contributed by atoms with Crippen LogP contribution in [0.5, 0.6) is 0 Å². The van der Waals surface area contributed by atoms with Gasteiger partial charge >= 0.3 is 0 Å². The van der Waals surface area contributed by atoms with Gasteiger partial charge in [-0.25, -0.2) is 0 Å². The number of carbonyl (C=O) groups excluding carboxylic acids is 1. The van der Waals surface area contributed by atoms with Crippen molar-refractivity contribution in [2.75, 3.05) is 5.32 Å². The highest BCUT2D eigenvalue weighted by Gasteiger charge is 2.13. The molecule has 3 N–H and O–H groups in total. The van der Waals surface area contributed by atoms with Gasteiger partial charge in [-0.3, -0.25) is 14.3 Å². The number of para-hydroxylation sites is 1. The second-order valence-electron chi connectivity index (χ2n) is 8.21. The Morgan fingerprint density at radius 1 is 1.18 bits per heavy atom. The summed E-state index contributed by atoms with van der Waals surface area (Å²) in [6.45, 7) is 0.752. The lowest BCUT2D eigenvalue weighted by Crippen LogP contribution is -2.15. The summed E-state index contributed by atoms with van der Waals surface area (Å²) in [4.78, 5) is 31.1.